The van der Waals surface area contributed by atoms with Gasteiger partial charge in [0.2, 0.25) is 0 Å². The summed E-state index contributed by atoms with van der Waals surface area (Å²) in [5.41, 5.74) is -4.07. The van der Waals surface area contributed by atoms with E-state index < -0.39 is 17.2 Å². The lowest BCUT2D eigenvalue weighted by Gasteiger charge is -2.50. The minimum absolute atomic E-state index is 0.0799. The lowest BCUT2D eigenvalue weighted by Crippen LogP contribution is -2.60. The van der Waals surface area contributed by atoms with Crippen molar-refractivity contribution < 1.29 is 18.3 Å². The van der Waals surface area contributed by atoms with Crippen molar-refractivity contribution in [1.29, 1.82) is 0 Å². The van der Waals surface area contributed by atoms with Crippen LogP contribution in [0.2, 0.25) is 0 Å². The summed E-state index contributed by atoms with van der Waals surface area (Å²) in [7, 11) is 0. The molecule has 1 saturated carbocycles. The zero-order valence-corrected chi connectivity index (χ0v) is 14.7. The Hall–Kier alpha value is -1.36. The van der Waals surface area contributed by atoms with E-state index >= 15 is 0 Å². The number of alkyl halides is 3. The molecule has 2 nitrogen and oxygen atoms in total. The summed E-state index contributed by atoms with van der Waals surface area (Å²) >= 11 is 0. The van der Waals surface area contributed by atoms with Gasteiger partial charge in [-0.15, -0.1) is 0 Å². The molecule has 0 saturated heterocycles. The second-order valence-corrected chi connectivity index (χ2v) is 7.31. The molecule has 0 heterocycles. The number of benzene rings is 1. The van der Waals surface area contributed by atoms with Gasteiger partial charge in [-0.25, -0.2) is 0 Å². The lowest BCUT2D eigenvalue weighted by atomic mass is 9.58. The molecule has 2 rings (SSSR count). The molecule has 1 aliphatic rings. The average molecular weight is 341 g/mol. The van der Waals surface area contributed by atoms with Gasteiger partial charge < -0.3 is 5.11 Å². The van der Waals surface area contributed by atoms with E-state index in [9.17, 15) is 18.3 Å². The molecule has 5 heteroatoms. The van der Waals surface area contributed by atoms with Gasteiger partial charge in [-0.2, -0.15) is 13.2 Å². The summed E-state index contributed by atoms with van der Waals surface area (Å²) in [6, 6.07) is 7.29. The third-order valence-electron chi connectivity index (χ3n) is 5.14. The third-order valence-corrected chi connectivity index (χ3v) is 5.14. The van der Waals surface area contributed by atoms with Gasteiger partial charge in [0.15, 0.2) is 5.60 Å². The van der Waals surface area contributed by atoms with Crippen LogP contribution in [-0.4, -0.2) is 23.0 Å². The summed E-state index contributed by atoms with van der Waals surface area (Å²) in [6.45, 7) is 7.12. The van der Waals surface area contributed by atoms with E-state index in [1.807, 2.05) is 20.8 Å². The van der Waals surface area contributed by atoms with Gasteiger partial charge in [0.25, 0.3) is 0 Å². The smallest absolute Gasteiger partial charge is 0.376 e. The fourth-order valence-corrected chi connectivity index (χ4v) is 3.96. The molecule has 1 aromatic carbocycles. The lowest BCUT2D eigenvalue weighted by molar-refractivity contribution is -0.298. The Kier molecular flexibility index (Phi) is 5.14. The number of hydrogen-bond donors (Lipinski definition) is 1. The molecular weight excluding hydrogens is 315 g/mol. The highest BCUT2D eigenvalue weighted by atomic mass is 19.4. The second-order valence-electron chi connectivity index (χ2n) is 7.31. The second kappa shape index (κ2) is 6.51. The summed E-state index contributed by atoms with van der Waals surface area (Å²) < 4.78 is 42.5. The fourth-order valence-electron chi connectivity index (χ4n) is 3.96. The van der Waals surface area contributed by atoms with E-state index in [-0.39, 0.29) is 23.9 Å². The van der Waals surface area contributed by atoms with E-state index in [1.54, 1.807) is 6.07 Å². The molecular formula is C19H26F3NO. The summed E-state index contributed by atoms with van der Waals surface area (Å²) in [5, 5.41) is 11.1. The van der Waals surface area contributed by atoms with Gasteiger partial charge in [0.05, 0.1) is 0 Å². The number of hydrogen-bond acceptors (Lipinski definition) is 2. The van der Waals surface area contributed by atoms with Crippen LogP contribution >= 0.6 is 0 Å². The molecule has 0 radical (unpaired) electrons. The minimum Gasteiger partial charge on any atom is -0.376 e. The quantitative estimate of drug-likeness (QED) is 0.814. The van der Waals surface area contributed by atoms with Crippen LogP contribution in [0.25, 0.3) is 0 Å². The van der Waals surface area contributed by atoms with Gasteiger partial charge in [-0.1, -0.05) is 50.6 Å². The Morgan fingerprint density at radius 1 is 1.21 bits per heavy atom. The molecule has 3 unspecified atom stereocenters. The molecule has 0 bridgehead atoms. The monoisotopic (exact) mass is 341 g/mol. The topological polar surface area (TPSA) is 32.6 Å². The molecule has 134 valence electrons. The van der Waals surface area contributed by atoms with E-state index in [2.05, 4.69) is 4.99 Å². The largest absolute Gasteiger partial charge is 0.422 e. The Labute approximate surface area is 141 Å². The molecule has 0 aliphatic heterocycles. The molecule has 24 heavy (non-hydrogen) atoms. The van der Waals surface area contributed by atoms with Gasteiger partial charge in [0, 0.05) is 17.2 Å². The molecule has 1 fully saturated rings. The highest BCUT2D eigenvalue weighted by molar-refractivity contribution is 5.94. The Balaban J connectivity index is 2.72. The maximum absolute atomic E-state index is 14.2. The van der Waals surface area contributed by atoms with Crippen LogP contribution in [0.4, 0.5) is 13.2 Å². The van der Waals surface area contributed by atoms with E-state index in [0.717, 1.165) is 6.42 Å². The maximum atomic E-state index is 14.2. The maximum Gasteiger partial charge on any atom is 0.422 e. The summed E-state index contributed by atoms with van der Waals surface area (Å²) in [5.74, 6) is -0.0799. The van der Waals surface area contributed by atoms with E-state index in [0.29, 0.717) is 12.1 Å². The van der Waals surface area contributed by atoms with Crippen molar-refractivity contribution in [2.45, 2.75) is 64.8 Å². The van der Waals surface area contributed by atoms with Crippen molar-refractivity contribution in [2.24, 2.45) is 16.3 Å². The van der Waals surface area contributed by atoms with Crippen molar-refractivity contribution in [3.63, 3.8) is 0 Å². The van der Waals surface area contributed by atoms with Crippen molar-refractivity contribution in [3.05, 3.63) is 35.9 Å². The van der Waals surface area contributed by atoms with E-state index in [4.69, 9.17) is 0 Å². The Bertz CT molecular complexity index is 596. The van der Waals surface area contributed by atoms with Crippen LogP contribution in [0.3, 0.4) is 0 Å². The minimum atomic E-state index is -4.79. The van der Waals surface area contributed by atoms with Crippen LogP contribution in [0, 0.1) is 11.3 Å². The molecule has 1 aliphatic carbocycles. The first-order valence-corrected chi connectivity index (χ1v) is 8.47. The first-order chi connectivity index (χ1) is 11.0. The molecule has 0 spiro atoms. The predicted molar refractivity (Wildman–Crippen MR) is 90.1 cm³/mol. The van der Waals surface area contributed by atoms with Gasteiger partial charge in [-0.05, 0) is 38.2 Å². The predicted octanol–water partition coefficient (Wildman–Crippen LogP) is 5.11. The average Bonchev–Trinajstić information content (AvgIpc) is 2.50. The van der Waals surface area contributed by atoms with Gasteiger partial charge >= 0.3 is 6.18 Å². The highest BCUT2D eigenvalue weighted by Crippen LogP contribution is 2.56. The zero-order chi connectivity index (χ0) is 18.2. The molecule has 1 aromatic rings. The van der Waals surface area contributed by atoms with Crippen molar-refractivity contribution in [2.75, 3.05) is 0 Å². The van der Waals surface area contributed by atoms with Crippen molar-refractivity contribution in [1.82, 2.24) is 0 Å². The Morgan fingerprint density at radius 3 is 2.29 bits per heavy atom. The number of aliphatic imine (C=N–C) groups is 1. The number of rotatable bonds is 3. The van der Waals surface area contributed by atoms with E-state index in [1.165, 1.54) is 31.2 Å². The first-order valence-electron chi connectivity index (χ1n) is 8.47. The van der Waals surface area contributed by atoms with Gasteiger partial charge in [-0.3, -0.25) is 4.99 Å². The Morgan fingerprint density at radius 2 is 1.79 bits per heavy atom. The SMILES string of the molecule is CC(C)N=C1C(C)CCCC1(C)C(O)(c1ccccc1)C(F)(F)F. The van der Waals surface area contributed by atoms with Crippen LogP contribution in [0.5, 0.6) is 0 Å². The van der Waals surface area contributed by atoms with Gasteiger partial charge in [0.1, 0.15) is 0 Å². The first kappa shape index (κ1) is 19.0. The molecule has 1 N–H and O–H groups in total. The molecule has 0 amide bonds. The van der Waals surface area contributed by atoms with Crippen LogP contribution in [0.15, 0.2) is 35.3 Å². The number of halogens is 3. The molecule has 3 atom stereocenters. The summed E-state index contributed by atoms with van der Waals surface area (Å²) in [4.78, 5) is 4.53. The number of nitrogens with zero attached hydrogens (tertiary/aromatic N) is 1. The van der Waals surface area contributed by atoms with Crippen LogP contribution in [0.1, 0.15) is 52.5 Å². The van der Waals surface area contributed by atoms with Crippen molar-refractivity contribution in [3.8, 4) is 0 Å². The normalized spacial score (nSPS) is 29.7. The third kappa shape index (κ3) is 2.99. The van der Waals surface area contributed by atoms with Crippen LogP contribution < -0.4 is 0 Å². The van der Waals surface area contributed by atoms with Crippen LogP contribution in [-0.2, 0) is 5.60 Å². The fraction of sp³-hybridized carbons (Fsp3) is 0.632. The van der Waals surface area contributed by atoms with Crippen molar-refractivity contribution >= 4 is 5.71 Å². The number of aliphatic hydroxyl groups is 1. The summed E-state index contributed by atoms with van der Waals surface area (Å²) in [6.07, 6.45) is -3.10. The standard InChI is InChI=1S/C19H26F3NO/c1-13(2)23-16-14(3)9-8-12-17(16,4)18(24,19(20,21)22)15-10-6-5-7-11-15/h5-7,10-11,13-14,24H,8-9,12H2,1-4H3. The highest BCUT2D eigenvalue weighted by Gasteiger charge is 2.67. The molecule has 0 aromatic heterocycles. The zero-order valence-electron chi connectivity index (χ0n) is 14.7.